The summed E-state index contributed by atoms with van der Waals surface area (Å²) in [4.78, 5) is 25.9. The molecule has 2 fully saturated rings. The molecule has 0 spiro atoms. The lowest BCUT2D eigenvalue weighted by Gasteiger charge is -2.34. The fraction of sp³-hybridized carbons (Fsp3) is 0.714. The Hall–Kier alpha value is -1.36. The van der Waals surface area contributed by atoms with Crippen LogP contribution < -0.4 is 10.6 Å². The highest BCUT2D eigenvalue weighted by Gasteiger charge is 2.51. The van der Waals surface area contributed by atoms with E-state index in [1.165, 1.54) is 4.90 Å². The van der Waals surface area contributed by atoms with Gasteiger partial charge in [0.2, 0.25) is 0 Å². The highest BCUT2D eigenvalue weighted by Crippen LogP contribution is 2.30. The summed E-state index contributed by atoms with van der Waals surface area (Å²) in [6.07, 6.45) is 3.94. The molecule has 0 aromatic carbocycles. The van der Waals surface area contributed by atoms with Gasteiger partial charge in [-0.1, -0.05) is 11.6 Å². The summed E-state index contributed by atoms with van der Waals surface area (Å²) < 4.78 is 0. The van der Waals surface area contributed by atoms with Crippen LogP contribution in [0.25, 0.3) is 0 Å². The van der Waals surface area contributed by atoms with Gasteiger partial charge in [-0.25, -0.2) is 4.79 Å². The molecule has 2 rings (SSSR count). The molecule has 2 N–H and O–H groups in total. The molecule has 0 aromatic heterocycles. The van der Waals surface area contributed by atoms with Crippen LogP contribution in [0.1, 0.15) is 33.6 Å². The monoisotopic (exact) mass is 265 g/mol. The Balaban J connectivity index is 2.13. The number of hydrogen-bond donors (Lipinski definition) is 2. The van der Waals surface area contributed by atoms with E-state index in [4.69, 9.17) is 0 Å². The predicted octanol–water partition coefficient (Wildman–Crippen LogP) is 1.26. The van der Waals surface area contributed by atoms with Crippen molar-refractivity contribution in [3.05, 3.63) is 11.6 Å². The lowest BCUT2D eigenvalue weighted by atomic mass is 9.80. The molecule has 0 aromatic rings. The molecule has 0 saturated carbocycles. The maximum Gasteiger partial charge on any atom is 0.325 e. The normalized spacial score (nSPS) is 31.3. The van der Waals surface area contributed by atoms with E-state index in [1.54, 1.807) is 0 Å². The highest BCUT2D eigenvalue weighted by atomic mass is 16.2. The number of piperidine rings is 1. The molecule has 2 saturated heterocycles. The third kappa shape index (κ3) is 2.66. The first kappa shape index (κ1) is 14.1. The number of nitrogens with zero attached hydrogens (tertiary/aromatic N) is 1. The number of rotatable bonds is 3. The minimum Gasteiger partial charge on any atom is -0.323 e. The number of carbonyl (C=O) groups excluding carboxylic acids is 2. The molecule has 3 amide bonds. The van der Waals surface area contributed by atoms with Gasteiger partial charge in [-0.15, -0.1) is 0 Å². The van der Waals surface area contributed by atoms with Crippen LogP contribution in [-0.4, -0.2) is 42.0 Å². The first-order valence-electron chi connectivity index (χ1n) is 6.93. The van der Waals surface area contributed by atoms with Crippen molar-refractivity contribution in [3.63, 3.8) is 0 Å². The predicted molar refractivity (Wildman–Crippen MR) is 73.7 cm³/mol. The molecule has 106 valence electrons. The van der Waals surface area contributed by atoms with E-state index in [2.05, 4.69) is 10.6 Å². The molecule has 0 radical (unpaired) electrons. The standard InChI is InChI=1S/C14H23N3O2/c1-10(2)6-8-17-12(18)14(3,16-13(17)19)11-5-4-7-15-9-11/h6,11,15H,4-5,7-9H2,1-3H3,(H,16,19). The van der Waals surface area contributed by atoms with Crippen LogP contribution in [0.4, 0.5) is 4.79 Å². The van der Waals surface area contributed by atoms with Gasteiger partial charge < -0.3 is 10.6 Å². The maximum absolute atomic E-state index is 12.5. The van der Waals surface area contributed by atoms with Gasteiger partial charge in [0, 0.05) is 19.0 Å². The van der Waals surface area contributed by atoms with Crippen molar-refractivity contribution in [3.8, 4) is 0 Å². The molecule has 5 nitrogen and oxygen atoms in total. The Kier molecular flexibility index (Phi) is 3.94. The van der Waals surface area contributed by atoms with E-state index >= 15 is 0 Å². The molecule has 0 aliphatic carbocycles. The van der Waals surface area contributed by atoms with Gasteiger partial charge in [0.1, 0.15) is 5.54 Å². The third-order valence-corrected chi connectivity index (χ3v) is 4.10. The number of amides is 3. The Morgan fingerprint density at radius 2 is 2.21 bits per heavy atom. The zero-order valence-electron chi connectivity index (χ0n) is 12.0. The second kappa shape index (κ2) is 5.33. The first-order valence-corrected chi connectivity index (χ1v) is 6.93. The van der Waals surface area contributed by atoms with Crippen molar-refractivity contribution in [1.29, 1.82) is 0 Å². The summed E-state index contributed by atoms with van der Waals surface area (Å²) in [5.74, 6) is 0.0816. The summed E-state index contributed by atoms with van der Waals surface area (Å²) in [6.45, 7) is 7.93. The van der Waals surface area contributed by atoms with E-state index in [1.807, 2.05) is 26.8 Å². The molecule has 2 atom stereocenters. The topological polar surface area (TPSA) is 61.4 Å². The summed E-state index contributed by atoms with van der Waals surface area (Å²) in [6, 6.07) is -0.268. The average Bonchev–Trinajstić information content (AvgIpc) is 2.60. The van der Waals surface area contributed by atoms with Crippen LogP contribution in [-0.2, 0) is 4.79 Å². The van der Waals surface area contributed by atoms with E-state index < -0.39 is 5.54 Å². The van der Waals surface area contributed by atoms with E-state index in [0.29, 0.717) is 6.54 Å². The Morgan fingerprint density at radius 3 is 2.79 bits per heavy atom. The van der Waals surface area contributed by atoms with Gasteiger partial charge in [0.15, 0.2) is 0 Å². The second-order valence-corrected chi connectivity index (χ2v) is 5.87. The number of carbonyl (C=O) groups is 2. The Labute approximate surface area is 114 Å². The van der Waals surface area contributed by atoms with Gasteiger partial charge in [0.25, 0.3) is 5.91 Å². The molecule has 2 heterocycles. The molecule has 2 aliphatic heterocycles. The molecule has 5 heteroatoms. The van der Waals surface area contributed by atoms with Crippen LogP contribution in [0, 0.1) is 5.92 Å². The minimum atomic E-state index is -0.750. The summed E-state index contributed by atoms with van der Waals surface area (Å²) >= 11 is 0. The molecule has 2 unspecified atom stereocenters. The number of urea groups is 1. The molecule has 19 heavy (non-hydrogen) atoms. The van der Waals surface area contributed by atoms with Crippen molar-refractivity contribution >= 4 is 11.9 Å². The molecular formula is C14H23N3O2. The van der Waals surface area contributed by atoms with Gasteiger partial charge in [-0.3, -0.25) is 9.69 Å². The number of nitrogens with one attached hydrogen (secondary N) is 2. The largest absolute Gasteiger partial charge is 0.325 e. The lowest BCUT2D eigenvalue weighted by Crippen LogP contribution is -2.55. The van der Waals surface area contributed by atoms with Gasteiger partial charge in [-0.2, -0.15) is 0 Å². The number of hydrogen-bond acceptors (Lipinski definition) is 3. The SMILES string of the molecule is CC(C)=CCN1C(=O)NC(C)(C2CCCNC2)C1=O. The minimum absolute atomic E-state index is 0.0938. The zero-order valence-corrected chi connectivity index (χ0v) is 12.0. The maximum atomic E-state index is 12.5. The van der Waals surface area contributed by atoms with Crippen molar-refractivity contribution in [2.24, 2.45) is 5.92 Å². The van der Waals surface area contributed by atoms with Crippen LogP contribution >= 0.6 is 0 Å². The fourth-order valence-electron chi connectivity index (χ4n) is 2.78. The zero-order chi connectivity index (χ0) is 14.0. The highest BCUT2D eigenvalue weighted by molar-refractivity contribution is 6.07. The smallest absolute Gasteiger partial charge is 0.323 e. The van der Waals surface area contributed by atoms with Crippen molar-refractivity contribution < 1.29 is 9.59 Å². The molecule has 0 bridgehead atoms. The summed E-state index contributed by atoms with van der Waals surface area (Å²) in [7, 11) is 0. The molecular weight excluding hydrogens is 242 g/mol. The van der Waals surface area contributed by atoms with Crippen LogP contribution in [0.3, 0.4) is 0 Å². The average molecular weight is 265 g/mol. The third-order valence-electron chi connectivity index (χ3n) is 4.10. The van der Waals surface area contributed by atoms with E-state index in [9.17, 15) is 9.59 Å². The van der Waals surface area contributed by atoms with E-state index in [-0.39, 0.29) is 17.9 Å². The van der Waals surface area contributed by atoms with Crippen LogP contribution in [0.15, 0.2) is 11.6 Å². The van der Waals surface area contributed by atoms with Gasteiger partial charge >= 0.3 is 6.03 Å². The number of imide groups is 1. The summed E-state index contributed by atoms with van der Waals surface area (Å²) in [5, 5.41) is 6.20. The molecule has 2 aliphatic rings. The van der Waals surface area contributed by atoms with Crippen molar-refractivity contribution in [1.82, 2.24) is 15.5 Å². The number of allylic oxidation sites excluding steroid dienone is 1. The Morgan fingerprint density at radius 1 is 1.47 bits per heavy atom. The van der Waals surface area contributed by atoms with Crippen molar-refractivity contribution in [2.75, 3.05) is 19.6 Å². The lowest BCUT2D eigenvalue weighted by molar-refractivity contribution is -0.132. The quantitative estimate of drug-likeness (QED) is 0.596. The second-order valence-electron chi connectivity index (χ2n) is 5.87. The van der Waals surface area contributed by atoms with Crippen molar-refractivity contribution in [2.45, 2.75) is 39.2 Å². The van der Waals surface area contributed by atoms with Crippen LogP contribution in [0.5, 0.6) is 0 Å². The van der Waals surface area contributed by atoms with Gasteiger partial charge in [-0.05, 0) is 40.2 Å². The fourth-order valence-corrected chi connectivity index (χ4v) is 2.78. The van der Waals surface area contributed by atoms with Gasteiger partial charge in [0.05, 0.1) is 0 Å². The first-order chi connectivity index (χ1) is 8.95. The van der Waals surface area contributed by atoms with E-state index in [0.717, 1.165) is 31.5 Å². The summed E-state index contributed by atoms with van der Waals surface area (Å²) in [5.41, 5.74) is 0.355. The van der Waals surface area contributed by atoms with Crippen LogP contribution in [0.2, 0.25) is 0 Å². The Bertz CT molecular complexity index is 409.